The van der Waals surface area contributed by atoms with Crippen LogP contribution in [0, 0.1) is 0 Å². The van der Waals surface area contributed by atoms with E-state index in [0.29, 0.717) is 17.3 Å². The molecule has 1 heterocycles. The zero-order chi connectivity index (χ0) is 13.1. The summed E-state index contributed by atoms with van der Waals surface area (Å²) in [4.78, 5) is 16.2. The van der Waals surface area contributed by atoms with Crippen molar-refractivity contribution in [2.24, 2.45) is 5.73 Å². The molecule has 18 heavy (non-hydrogen) atoms. The molecule has 0 unspecified atom stereocenters. The zero-order valence-electron chi connectivity index (χ0n) is 9.32. The van der Waals surface area contributed by atoms with Crippen molar-refractivity contribution in [3.63, 3.8) is 0 Å². The number of nitrogens with zero attached hydrogens (tertiary/aromatic N) is 1. The lowest BCUT2D eigenvalue weighted by Gasteiger charge is -2.02. The van der Waals surface area contributed by atoms with Crippen molar-refractivity contribution in [3.8, 4) is 0 Å². The molecule has 0 saturated heterocycles. The molecule has 0 aliphatic rings. The maximum atomic E-state index is 12.0. The molecule has 2 N–H and O–H groups in total. The number of ketones is 1. The smallest absolute Gasteiger partial charge is 0.186 e. The van der Waals surface area contributed by atoms with Crippen molar-refractivity contribution in [2.45, 2.75) is 13.0 Å². The molecule has 0 amide bonds. The van der Waals surface area contributed by atoms with E-state index in [1.54, 1.807) is 11.4 Å². The van der Waals surface area contributed by atoms with E-state index >= 15 is 0 Å². The molecule has 0 atom stereocenters. The number of thiazole rings is 1. The minimum atomic E-state index is -0.0461. The van der Waals surface area contributed by atoms with Gasteiger partial charge in [-0.2, -0.15) is 0 Å². The predicted molar refractivity (Wildman–Crippen MR) is 77.2 cm³/mol. The Morgan fingerprint density at radius 2 is 2.28 bits per heavy atom. The summed E-state index contributed by atoms with van der Waals surface area (Å²) in [7, 11) is 0. The number of Topliss-reactive ketones (excluding diaryl/α,β-unsaturated/α-hetero) is 1. The van der Waals surface area contributed by atoms with Gasteiger partial charge < -0.3 is 5.73 Å². The Morgan fingerprint density at radius 3 is 2.89 bits per heavy atom. The first kappa shape index (κ1) is 13.7. The second-order valence-corrected chi connectivity index (χ2v) is 5.93. The van der Waals surface area contributed by atoms with Gasteiger partial charge in [0.15, 0.2) is 5.78 Å². The minimum Gasteiger partial charge on any atom is -0.325 e. The van der Waals surface area contributed by atoms with Crippen LogP contribution < -0.4 is 5.73 Å². The summed E-state index contributed by atoms with van der Waals surface area (Å²) in [5, 5.41) is 3.07. The molecule has 0 spiro atoms. The van der Waals surface area contributed by atoms with Crippen LogP contribution in [-0.4, -0.2) is 10.8 Å². The summed E-state index contributed by atoms with van der Waals surface area (Å²) in [6, 6.07) is 5.47. The fourth-order valence-corrected chi connectivity index (χ4v) is 2.88. The lowest BCUT2D eigenvalue weighted by molar-refractivity contribution is 0.0988. The monoisotopic (exact) mass is 344 g/mol. The maximum absolute atomic E-state index is 12.0. The van der Waals surface area contributed by atoms with E-state index in [0.717, 1.165) is 15.0 Å². The summed E-state index contributed by atoms with van der Waals surface area (Å²) >= 11 is 10.8. The number of rotatable bonds is 4. The topological polar surface area (TPSA) is 56.0 Å². The Labute approximate surface area is 122 Å². The highest BCUT2D eigenvalue weighted by Crippen LogP contribution is 2.23. The summed E-state index contributed by atoms with van der Waals surface area (Å²) in [5.74, 6) is -0.0461. The third-order valence-corrected chi connectivity index (χ3v) is 4.09. The Hall–Kier alpha value is -0.750. The number of hydrogen-bond acceptors (Lipinski definition) is 4. The van der Waals surface area contributed by atoms with E-state index in [1.807, 2.05) is 12.1 Å². The quantitative estimate of drug-likeness (QED) is 0.864. The maximum Gasteiger partial charge on any atom is 0.186 e. The molecule has 0 aliphatic heterocycles. The molecular formula is C12H10BrClN2OS. The van der Waals surface area contributed by atoms with E-state index in [1.165, 1.54) is 11.3 Å². The average molecular weight is 346 g/mol. The van der Waals surface area contributed by atoms with E-state index in [4.69, 9.17) is 17.3 Å². The average Bonchev–Trinajstić information content (AvgIpc) is 2.81. The van der Waals surface area contributed by atoms with Crippen LogP contribution in [-0.2, 0) is 13.0 Å². The highest BCUT2D eigenvalue weighted by Gasteiger charge is 2.13. The molecule has 1 aromatic heterocycles. The highest BCUT2D eigenvalue weighted by atomic mass is 79.9. The first-order chi connectivity index (χ1) is 8.60. The molecule has 0 bridgehead atoms. The fraction of sp³-hybridized carbons (Fsp3) is 0.167. The molecule has 3 nitrogen and oxygen atoms in total. The van der Waals surface area contributed by atoms with Gasteiger partial charge in [0.25, 0.3) is 0 Å². The Balaban J connectivity index is 2.16. The third kappa shape index (κ3) is 3.17. The van der Waals surface area contributed by atoms with Gasteiger partial charge in [-0.25, -0.2) is 4.98 Å². The van der Waals surface area contributed by atoms with Crippen molar-refractivity contribution < 1.29 is 4.79 Å². The fourth-order valence-electron chi connectivity index (χ4n) is 1.46. The van der Waals surface area contributed by atoms with Crippen LogP contribution in [0.3, 0.4) is 0 Å². The Kier molecular flexibility index (Phi) is 4.50. The van der Waals surface area contributed by atoms with Gasteiger partial charge in [-0.1, -0.05) is 33.6 Å². The lowest BCUT2D eigenvalue weighted by atomic mass is 10.1. The van der Waals surface area contributed by atoms with Crippen LogP contribution in [0.25, 0.3) is 0 Å². The Morgan fingerprint density at radius 1 is 1.50 bits per heavy atom. The number of nitrogens with two attached hydrogens (primary N) is 1. The molecule has 0 radical (unpaired) electrons. The summed E-state index contributed by atoms with van der Waals surface area (Å²) < 4.78 is 0.891. The predicted octanol–water partition coefficient (Wildman–Crippen LogP) is 3.44. The van der Waals surface area contributed by atoms with Gasteiger partial charge in [-0.15, -0.1) is 11.3 Å². The van der Waals surface area contributed by atoms with Crippen LogP contribution in [0.15, 0.2) is 28.1 Å². The number of hydrogen-bond donors (Lipinski definition) is 1. The van der Waals surface area contributed by atoms with Gasteiger partial charge in [0.05, 0.1) is 0 Å². The van der Waals surface area contributed by atoms with Gasteiger partial charge in [0.2, 0.25) is 0 Å². The molecule has 0 aliphatic carbocycles. The number of benzene rings is 1. The highest BCUT2D eigenvalue weighted by molar-refractivity contribution is 9.10. The van der Waals surface area contributed by atoms with Crippen molar-refractivity contribution in [1.82, 2.24) is 4.98 Å². The van der Waals surface area contributed by atoms with Crippen molar-refractivity contribution in [3.05, 3.63) is 49.3 Å². The summed E-state index contributed by atoms with van der Waals surface area (Å²) in [6.45, 7) is 0.358. The number of carbonyl (C=O) groups excluding carboxylic acids is 1. The molecule has 2 aromatic rings. The molecule has 0 saturated carbocycles. The van der Waals surface area contributed by atoms with Gasteiger partial charge in [0.1, 0.15) is 10.7 Å². The molecule has 6 heteroatoms. The second-order valence-electron chi connectivity index (χ2n) is 3.67. The molecular weight excluding hydrogens is 336 g/mol. The van der Waals surface area contributed by atoms with E-state index in [9.17, 15) is 4.79 Å². The summed E-state index contributed by atoms with van der Waals surface area (Å²) in [6.07, 6.45) is 0.250. The van der Waals surface area contributed by atoms with Crippen molar-refractivity contribution in [1.29, 1.82) is 0 Å². The third-order valence-electron chi connectivity index (χ3n) is 2.38. The number of aromatic nitrogens is 1. The van der Waals surface area contributed by atoms with Gasteiger partial charge >= 0.3 is 0 Å². The van der Waals surface area contributed by atoms with E-state index < -0.39 is 0 Å². The van der Waals surface area contributed by atoms with Crippen LogP contribution in [0.4, 0.5) is 0 Å². The largest absolute Gasteiger partial charge is 0.325 e. The van der Waals surface area contributed by atoms with Crippen LogP contribution in [0.1, 0.15) is 21.1 Å². The molecule has 94 valence electrons. The standard InChI is InChI=1S/C12H10BrClN2OS/c13-8-2-1-7(9(14)4-8)3-11(17)10-6-18-12(5-15)16-10/h1-2,4,6H,3,5,15H2. The van der Waals surface area contributed by atoms with Crippen LogP contribution >= 0.6 is 38.9 Å². The Bertz CT molecular complexity index is 585. The minimum absolute atomic E-state index is 0.0461. The second kappa shape index (κ2) is 5.93. The lowest BCUT2D eigenvalue weighted by Crippen LogP contribution is -2.05. The van der Waals surface area contributed by atoms with Crippen molar-refractivity contribution in [2.75, 3.05) is 0 Å². The van der Waals surface area contributed by atoms with Gasteiger partial charge in [0, 0.05) is 27.8 Å². The normalized spacial score (nSPS) is 10.6. The number of carbonyl (C=O) groups is 1. The summed E-state index contributed by atoms with van der Waals surface area (Å²) in [5.41, 5.74) is 6.72. The van der Waals surface area contributed by atoms with Gasteiger partial charge in [-0.3, -0.25) is 4.79 Å². The van der Waals surface area contributed by atoms with E-state index in [-0.39, 0.29) is 12.2 Å². The van der Waals surface area contributed by atoms with Gasteiger partial charge in [-0.05, 0) is 17.7 Å². The first-order valence-electron chi connectivity index (χ1n) is 5.21. The number of halogens is 2. The van der Waals surface area contributed by atoms with Crippen LogP contribution in [0.2, 0.25) is 5.02 Å². The first-order valence-corrected chi connectivity index (χ1v) is 7.27. The molecule has 0 fully saturated rings. The van der Waals surface area contributed by atoms with E-state index in [2.05, 4.69) is 20.9 Å². The SMILES string of the molecule is NCc1nc(C(=O)Cc2ccc(Br)cc2Cl)cs1. The molecule has 2 rings (SSSR count). The van der Waals surface area contributed by atoms with Crippen LogP contribution in [0.5, 0.6) is 0 Å². The molecule has 1 aromatic carbocycles. The zero-order valence-corrected chi connectivity index (χ0v) is 12.5. The van der Waals surface area contributed by atoms with Crippen molar-refractivity contribution >= 4 is 44.7 Å².